The van der Waals surface area contributed by atoms with Crippen molar-refractivity contribution in [1.29, 1.82) is 0 Å². The van der Waals surface area contributed by atoms with Crippen LogP contribution in [0.25, 0.3) is 0 Å². The molecule has 4 N–H and O–H groups in total. The Kier molecular flexibility index (Phi) is 5.69. The van der Waals surface area contributed by atoms with Crippen molar-refractivity contribution >= 4 is 12.0 Å². The molecular formula is C11H18N4O3. The Hall–Kier alpha value is -2.05. The number of carbonyl (C=O) groups excluding carboxylic acids is 1. The fourth-order valence-corrected chi connectivity index (χ4v) is 1.36. The van der Waals surface area contributed by atoms with E-state index in [1.54, 1.807) is 12.4 Å². The average Bonchev–Trinajstić information content (AvgIpc) is 2.84. The van der Waals surface area contributed by atoms with Gasteiger partial charge in [0.25, 0.3) is 0 Å². The number of rotatable bonds is 7. The van der Waals surface area contributed by atoms with Crippen LogP contribution in [0.15, 0.2) is 12.4 Å². The lowest BCUT2D eigenvalue weighted by atomic mass is 10.1. The minimum atomic E-state index is -0.816. The minimum absolute atomic E-state index is 0.122. The molecule has 7 nitrogen and oxygen atoms in total. The molecule has 0 radical (unpaired) electrons. The number of hydrogen-bond acceptors (Lipinski definition) is 3. The molecule has 1 aromatic heterocycles. The fourth-order valence-electron chi connectivity index (χ4n) is 1.36. The third-order valence-corrected chi connectivity index (χ3v) is 2.43. The molecule has 0 aromatic carbocycles. The summed E-state index contributed by atoms with van der Waals surface area (Å²) < 4.78 is 0. The van der Waals surface area contributed by atoms with E-state index in [0.29, 0.717) is 25.3 Å². The van der Waals surface area contributed by atoms with Crippen molar-refractivity contribution in [2.45, 2.75) is 26.3 Å². The zero-order valence-electron chi connectivity index (χ0n) is 10.3. The van der Waals surface area contributed by atoms with Gasteiger partial charge in [-0.05, 0) is 12.3 Å². The number of carboxylic acids is 1. The number of hydrogen-bond donors (Lipinski definition) is 4. The normalized spacial score (nSPS) is 11.8. The maximum Gasteiger partial charge on any atom is 0.315 e. The molecule has 100 valence electrons. The number of nitrogens with zero attached hydrogens (tertiary/aromatic N) is 1. The molecule has 0 bridgehead atoms. The van der Waals surface area contributed by atoms with Crippen LogP contribution in [-0.2, 0) is 11.3 Å². The van der Waals surface area contributed by atoms with Crippen molar-refractivity contribution in [2.24, 2.45) is 5.92 Å². The zero-order valence-corrected chi connectivity index (χ0v) is 10.3. The first-order valence-electron chi connectivity index (χ1n) is 5.79. The number of urea groups is 1. The van der Waals surface area contributed by atoms with Gasteiger partial charge in [-0.1, -0.05) is 6.92 Å². The first-order chi connectivity index (χ1) is 8.58. The molecule has 0 aliphatic carbocycles. The quantitative estimate of drug-likeness (QED) is 0.574. The lowest BCUT2D eigenvalue weighted by molar-refractivity contribution is -0.137. The lowest BCUT2D eigenvalue weighted by Crippen LogP contribution is -2.37. The molecular weight excluding hydrogens is 236 g/mol. The highest BCUT2D eigenvalue weighted by Crippen LogP contribution is 2.03. The van der Waals surface area contributed by atoms with Gasteiger partial charge in [-0.3, -0.25) is 4.79 Å². The van der Waals surface area contributed by atoms with E-state index < -0.39 is 5.97 Å². The predicted molar refractivity (Wildman–Crippen MR) is 64.9 cm³/mol. The Morgan fingerprint density at radius 3 is 2.89 bits per heavy atom. The third kappa shape index (κ3) is 5.88. The van der Waals surface area contributed by atoms with Crippen LogP contribution in [0, 0.1) is 5.92 Å². The van der Waals surface area contributed by atoms with Gasteiger partial charge in [0, 0.05) is 25.4 Å². The Bertz CT molecular complexity index is 378. The molecule has 1 unspecified atom stereocenters. The van der Waals surface area contributed by atoms with Crippen molar-refractivity contribution in [2.75, 3.05) is 6.54 Å². The van der Waals surface area contributed by atoms with Gasteiger partial charge >= 0.3 is 12.0 Å². The zero-order chi connectivity index (χ0) is 13.4. The summed E-state index contributed by atoms with van der Waals surface area (Å²) in [5.74, 6) is 0.00339. The van der Waals surface area contributed by atoms with Gasteiger partial charge in [-0.15, -0.1) is 0 Å². The highest BCUT2D eigenvalue weighted by atomic mass is 16.4. The molecule has 0 fully saturated rings. The number of nitrogens with one attached hydrogen (secondary N) is 3. The molecule has 0 aliphatic rings. The van der Waals surface area contributed by atoms with E-state index in [-0.39, 0.29) is 18.4 Å². The van der Waals surface area contributed by atoms with E-state index in [0.717, 1.165) is 0 Å². The first kappa shape index (κ1) is 14.0. The van der Waals surface area contributed by atoms with E-state index >= 15 is 0 Å². The second kappa shape index (κ2) is 7.31. The van der Waals surface area contributed by atoms with Gasteiger partial charge < -0.3 is 20.7 Å². The highest BCUT2D eigenvalue weighted by molar-refractivity contribution is 5.73. The molecule has 0 saturated heterocycles. The van der Waals surface area contributed by atoms with Crippen LogP contribution in [-0.4, -0.2) is 33.6 Å². The number of imidazole rings is 1. The number of aromatic nitrogens is 2. The van der Waals surface area contributed by atoms with Gasteiger partial charge in [-0.2, -0.15) is 0 Å². The van der Waals surface area contributed by atoms with Crippen LogP contribution in [0.4, 0.5) is 4.79 Å². The molecule has 0 saturated carbocycles. The molecule has 7 heteroatoms. The van der Waals surface area contributed by atoms with Gasteiger partial charge in [0.05, 0.1) is 6.54 Å². The summed E-state index contributed by atoms with van der Waals surface area (Å²) in [5, 5.41) is 13.8. The Balaban J connectivity index is 2.11. The summed E-state index contributed by atoms with van der Waals surface area (Å²) in [7, 11) is 0. The largest absolute Gasteiger partial charge is 0.481 e. The van der Waals surface area contributed by atoms with Crippen LogP contribution in [0.5, 0.6) is 0 Å². The van der Waals surface area contributed by atoms with E-state index in [9.17, 15) is 9.59 Å². The number of H-pyrrole nitrogens is 1. The summed E-state index contributed by atoms with van der Waals surface area (Å²) in [6, 6.07) is -0.284. The van der Waals surface area contributed by atoms with Crippen LogP contribution < -0.4 is 10.6 Å². The maximum atomic E-state index is 11.4. The molecule has 2 amide bonds. The Morgan fingerprint density at radius 2 is 2.28 bits per heavy atom. The van der Waals surface area contributed by atoms with Crippen molar-refractivity contribution in [1.82, 2.24) is 20.6 Å². The summed E-state index contributed by atoms with van der Waals surface area (Å²) in [6.07, 6.45) is 3.97. The van der Waals surface area contributed by atoms with E-state index in [2.05, 4.69) is 20.6 Å². The Morgan fingerprint density at radius 1 is 1.50 bits per heavy atom. The summed E-state index contributed by atoms with van der Waals surface area (Å²) in [5.41, 5.74) is 0. The average molecular weight is 254 g/mol. The molecule has 1 heterocycles. The van der Waals surface area contributed by atoms with Crippen molar-refractivity contribution < 1.29 is 14.7 Å². The highest BCUT2D eigenvalue weighted by Gasteiger charge is 2.07. The maximum absolute atomic E-state index is 11.4. The molecule has 1 rings (SSSR count). The van der Waals surface area contributed by atoms with Crippen molar-refractivity contribution in [3.8, 4) is 0 Å². The predicted octanol–water partition coefficient (Wildman–Crippen LogP) is 0.710. The monoisotopic (exact) mass is 254 g/mol. The van der Waals surface area contributed by atoms with E-state index in [4.69, 9.17) is 5.11 Å². The number of carboxylic acid groups (broad SMARTS) is 1. The van der Waals surface area contributed by atoms with E-state index in [1.165, 1.54) is 0 Å². The van der Waals surface area contributed by atoms with Gasteiger partial charge in [-0.25, -0.2) is 9.78 Å². The number of aliphatic carboxylic acids is 1. The second-order valence-electron chi connectivity index (χ2n) is 4.14. The molecule has 0 aliphatic heterocycles. The van der Waals surface area contributed by atoms with Crippen molar-refractivity contribution in [3.05, 3.63) is 18.2 Å². The number of aromatic amines is 1. The standard InChI is InChI=1S/C11H18N4O3/c1-8(2-3-10(16)17)6-14-11(18)15-7-9-12-4-5-13-9/h4-5,8H,2-3,6-7H2,1H3,(H,12,13)(H,16,17)(H2,14,15,18). The Labute approximate surface area is 105 Å². The van der Waals surface area contributed by atoms with Crippen molar-refractivity contribution in [3.63, 3.8) is 0 Å². The van der Waals surface area contributed by atoms with Crippen LogP contribution in [0.2, 0.25) is 0 Å². The molecule has 0 spiro atoms. The van der Waals surface area contributed by atoms with Gasteiger partial charge in [0.1, 0.15) is 5.82 Å². The fraction of sp³-hybridized carbons (Fsp3) is 0.545. The van der Waals surface area contributed by atoms with Gasteiger partial charge in [0.2, 0.25) is 0 Å². The van der Waals surface area contributed by atoms with E-state index in [1.807, 2.05) is 6.92 Å². The minimum Gasteiger partial charge on any atom is -0.481 e. The molecule has 1 atom stereocenters. The molecule has 1 aromatic rings. The summed E-state index contributed by atoms with van der Waals surface area (Å²) in [4.78, 5) is 28.6. The first-order valence-corrected chi connectivity index (χ1v) is 5.79. The third-order valence-electron chi connectivity index (χ3n) is 2.43. The second-order valence-corrected chi connectivity index (χ2v) is 4.14. The number of amides is 2. The smallest absolute Gasteiger partial charge is 0.315 e. The molecule has 18 heavy (non-hydrogen) atoms. The number of carbonyl (C=O) groups is 2. The van der Waals surface area contributed by atoms with Gasteiger partial charge in [0.15, 0.2) is 0 Å². The van der Waals surface area contributed by atoms with Crippen LogP contribution >= 0.6 is 0 Å². The summed E-state index contributed by atoms with van der Waals surface area (Å²) >= 11 is 0. The lowest BCUT2D eigenvalue weighted by Gasteiger charge is -2.11. The van der Waals surface area contributed by atoms with Crippen LogP contribution in [0.1, 0.15) is 25.6 Å². The SMILES string of the molecule is CC(CCC(=O)O)CNC(=O)NCc1ncc[nH]1. The summed E-state index contributed by atoms with van der Waals surface area (Å²) in [6.45, 7) is 2.69. The van der Waals surface area contributed by atoms with Crippen LogP contribution in [0.3, 0.4) is 0 Å². The topological polar surface area (TPSA) is 107 Å².